The molecule has 0 aliphatic carbocycles. The summed E-state index contributed by atoms with van der Waals surface area (Å²) in [5, 5.41) is 12.1. The molecule has 2 aromatic carbocycles. The van der Waals surface area contributed by atoms with Crippen molar-refractivity contribution < 1.29 is 13.5 Å². The Kier molecular flexibility index (Phi) is 7.91. The predicted octanol–water partition coefficient (Wildman–Crippen LogP) is 4.83. The van der Waals surface area contributed by atoms with Gasteiger partial charge in [-0.3, -0.25) is 0 Å². The Morgan fingerprint density at radius 3 is 2.27 bits per heavy atom. The molecule has 0 amide bonds. The van der Waals surface area contributed by atoms with Gasteiger partial charge in [-0.05, 0) is 61.9 Å². The monoisotopic (exact) mass is 506 g/mol. The molecule has 178 valence electrons. The van der Waals surface area contributed by atoms with E-state index in [9.17, 15) is 13.5 Å². The highest BCUT2D eigenvalue weighted by molar-refractivity contribution is 7.91. The first-order valence-corrected chi connectivity index (χ1v) is 13.2. The van der Waals surface area contributed by atoms with E-state index in [0.29, 0.717) is 23.8 Å². The van der Waals surface area contributed by atoms with Gasteiger partial charge >= 0.3 is 0 Å². The molecular weight excluding hydrogens is 476 g/mol. The van der Waals surface area contributed by atoms with Crippen LogP contribution in [0.15, 0.2) is 70.3 Å². The van der Waals surface area contributed by atoms with Crippen LogP contribution in [0.4, 0.5) is 5.69 Å². The summed E-state index contributed by atoms with van der Waals surface area (Å²) in [6.07, 6.45) is 0.754. The van der Waals surface area contributed by atoms with Gasteiger partial charge in [0.15, 0.2) is 0 Å². The minimum Gasteiger partial charge on any atom is -0.386 e. The van der Waals surface area contributed by atoms with Gasteiger partial charge in [-0.15, -0.1) is 23.7 Å². The van der Waals surface area contributed by atoms with Crippen LogP contribution in [0.1, 0.15) is 30.5 Å². The van der Waals surface area contributed by atoms with E-state index >= 15 is 0 Å². The number of anilines is 1. The SMILES string of the molecule is Cc1ccc(CC2CN(S(=O)(=O)c3cccs3)CCN2c2ccc(C(C)(C)O)cc2)cc1.Cl. The van der Waals surface area contributed by atoms with E-state index in [1.165, 1.54) is 22.5 Å². The first kappa shape index (κ1) is 25.7. The molecule has 1 atom stereocenters. The summed E-state index contributed by atoms with van der Waals surface area (Å²) in [7, 11) is -3.49. The largest absolute Gasteiger partial charge is 0.386 e. The van der Waals surface area contributed by atoms with E-state index in [4.69, 9.17) is 0 Å². The molecule has 1 aliphatic rings. The second kappa shape index (κ2) is 10.2. The first-order chi connectivity index (χ1) is 15.1. The molecule has 1 aromatic heterocycles. The van der Waals surface area contributed by atoms with Crippen molar-refractivity contribution in [1.82, 2.24) is 4.31 Å². The lowest BCUT2D eigenvalue weighted by atomic mass is 9.97. The fraction of sp³-hybridized carbons (Fsp3) is 0.360. The summed E-state index contributed by atoms with van der Waals surface area (Å²) in [6.45, 7) is 7.10. The van der Waals surface area contributed by atoms with E-state index in [1.54, 1.807) is 35.7 Å². The van der Waals surface area contributed by atoms with Crippen molar-refractivity contribution in [2.24, 2.45) is 0 Å². The quantitative estimate of drug-likeness (QED) is 0.520. The van der Waals surface area contributed by atoms with Crippen molar-refractivity contribution >= 4 is 39.5 Å². The zero-order valence-corrected chi connectivity index (χ0v) is 21.6. The molecule has 2 heterocycles. The van der Waals surface area contributed by atoms with Gasteiger partial charge in [0.05, 0.1) is 5.60 Å². The van der Waals surface area contributed by atoms with E-state index < -0.39 is 15.6 Å². The standard InChI is InChI=1S/C25H30N2O3S2.ClH/c1-19-6-8-20(9-7-19)17-23-18-26(32(29,30)24-5-4-16-31-24)14-15-27(23)22-12-10-21(11-13-22)25(2,3)28;/h4-13,16,23,28H,14-15,17-18H2,1-3H3;1H. The Morgan fingerprint density at radius 1 is 1.03 bits per heavy atom. The van der Waals surface area contributed by atoms with Crippen LogP contribution >= 0.6 is 23.7 Å². The number of halogens is 1. The van der Waals surface area contributed by atoms with Gasteiger partial charge in [0.1, 0.15) is 4.21 Å². The maximum absolute atomic E-state index is 13.2. The Morgan fingerprint density at radius 2 is 1.70 bits per heavy atom. The highest BCUT2D eigenvalue weighted by atomic mass is 35.5. The second-order valence-electron chi connectivity index (χ2n) is 8.94. The number of hydrogen-bond acceptors (Lipinski definition) is 5. The molecule has 1 unspecified atom stereocenters. The van der Waals surface area contributed by atoms with Gasteiger partial charge in [-0.1, -0.05) is 48.0 Å². The summed E-state index contributed by atoms with van der Waals surface area (Å²) < 4.78 is 28.4. The third kappa shape index (κ3) is 5.78. The average Bonchev–Trinajstić information content (AvgIpc) is 3.31. The lowest BCUT2D eigenvalue weighted by Gasteiger charge is -2.42. The Labute approximate surface area is 207 Å². The third-order valence-corrected chi connectivity index (χ3v) is 9.27. The van der Waals surface area contributed by atoms with Crippen LogP contribution in [-0.4, -0.2) is 43.5 Å². The van der Waals surface area contributed by atoms with E-state index in [2.05, 4.69) is 36.1 Å². The zero-order chi connectivity index (χ0) is 22.9. The third-order valence-electron chi connectivity index (χ3n) is 6.03. The van der Waals surface area contributed by atoms with E-state index in [-0.39, 0.29) is 18.4 Å². The summed E-state index contributed by atoms with van der Waals surface area (Å²) >= 11 is 1.26. The minimum absolute atomic E-state index is 0. The molecule has 1 aliphatic heterocycles. The summed E-state index contributed by atoms with van der Waals surface area (Å²) in [6, 6.07) is 19.9. The normalized spacial score (nSPS) is 17.6. The number of aliphatic hydroxyl groups is 1. The lowest BCUT2D eigenvalue weighted by Crippen LogP contribution is -2.55. The molecule has 0 radical (unpaired) electrons. The van der Waals surface area contributed by atoms with Crippen molar-refractivity contribution in [3.8, 4) is 0 Å². The van der Waals surface area contributed by atoms with Crippen LogP contribution in [0, 0.1) is 6.92 Å². The van der Waals surface area contributed by atoms with E-state index in [1.807, 2.05) is 24.3 Å². The maximum Gasteiger partial charge on any atom is 0.252 e. The van der Waals surface area contributed by atoms with Gasteiger partial charge in [-0.25, -0.2) is 8.42 Å². The van der Waals surface area contributed by atoms with Crippen LogP contribution in [0.2, 0.25) is 0 Å². The number of thiophene rings is 1. The minimum atomic E-state index is -3.49. The molecule has 0 bridgehead atoms. The predicted molar refractivity (Wildman–Crippen MR) is 138 cm³/mol. The number of sulfonamides is 1. The van der Waals surface area contributed by atoms with Crippen molar-refractivity contribution in [2.75, 3.05) is 24.5 Å². The number of piperazine rings is 1. The summed E-state index contributed by atoms with van der Waals surface area (Å²) in [5.74, 6) is 0. The number of rotatable bonds is 6. The smallest absolute Gasteiger partial charge is 0.252 e. The number of hydrogen-bond donors (Lipinski definition) is 1. The van der Waals surface area contributed by atoms with Crippen LogP contribution in [0.25, 0.3) is 0 Å². The number of benzene rings is 2. The topological polar surface area (TPSA) is 60.9 Å². The van der Waals surface area contributed by atoms with Crippen LogP contribution in [0.3, 0.4) is 0 Å². The zero-order valence-electron chi connectivity index (χ0n) is 19.1. The molecule has 0 saturated carbocycles. The van der Waals surface area contributed by atoms with Crippen LogP contribution < -0.4 is 4.90 Å². The molecule has 3 aromatic rings. The van der Waals surface area contributed by atoms with Gasteiger partial charge in [0.25, 0.3) is 10.0 Å². The first-order valence-electron chi connectivity index (χ1n) is 10.8. The molecule has 4 rings (SSSR count). The molecule has 1 fully saturated rings. The molecule has 33 heavy (non-hydrogen) atoms. The van der Waals surface area contributed by atoms with Gasteiger partial charge in [-0.2, -0.15) is 4.31 Å². The number of nitrogens with zero attached hydrogens (tertiary/aromatic N) is 2. The van der Waals surface area contributed by atoms with Crippen LogP contribution in [-0.2, 0) is 22.0 Å². The molecule has 0 spiro atoms. The van der Waals surface area contributed by atoms with Crippen molar-refractivity contribution in [3.63, 3.8) is 0 Å². The molecule has 5 nitrogen and oxygen atoms in total. The van der Waals surface area contributed by atoms with Crippen molar-refractivity contribution in [3.05, 3.63) is 82.7 Å². The van der Waals surface area contributed by atoms with Crippen molar-refractivity contribution in [1.29, 1.82) is 0 Å². The fourth-order valence-corrected chi connectivity index (χ4v) is 6.77. The van der Waals surface area contributed by atoms with Crippen molar-refractivity contribution in [2.45, 2.75) is 43.0 Å². The van der Waals surface area contributed by atoms with Gasteiger partial charge < -0.3 is 10.0 Å². The summed E-state index contributed by atoms with van der Waals surface area (Å²) in [5.41, 5.74) is 3.40. The molecule has 1 saturated heterocycles. The maximum atomic E-state index is 13.2. The second-order valence-corrected chi connectivity index (χ2v) is 12.1. The Bertz CT molecular complexity index is 1140. The molecule has 1 N–H and O–H groups in total. The fourth-order valence-electron chi connectivity index (χ4n) is 4.15. The van der Waals surface area contributed by atoms with Crippen LogP contribution in [0.5, 0.6) is 0 Å². The lowest BCUT2D eigenvalue weighted by molar-refractivity contribution is 0.0786. The van der Waals surface area contributed by atoms with Gasteiger partial charge in [0.2, 0.25) is 0 Å². The molecule has 8 heteroatoms. The Hall–Kier alpha value is -1.90. The van der Waals surface area contributed by atoms with E-state index in [0.717, 1.165) is 17.7 Å². The average molecular weight is 507 g/mol. The highest BCUT2D eigenvalue weighted by Gasteiger charge is 2.35. The van der Waals surface area contributed by atoms with Gasteiger partial charge in [0, 0.05) is 31.4 Å². The number of aryl methyl sites for hydroxylation is 1. The molecular formula is C25H31ClN2O3S2. The highest BCUT2D eigenvalue weighted by Crippen LogP contribution is 2.29. The Balaban J connectivity index is 0.00000306. The summed E-state index contributed by atoms with van der Waals surface area (Å²) in [4.78, 5) is 2.30.